The number of fused-ring (bicyclic) bond motifs is 2. The van der Waals surface area contributed by atoms with E-state index in [1.54, 1.807) is 56.2 Å². The van der Waals surface area contributed by atoms with Crippen molar-refractivity contribution in [3.63, 3.8) is 0 Å². The SMILES string of the molecule is CC(C)(C)OC(=O)N[C@@H](CC(=O)N1CC[C@H]2CNC[C@H]21)Cc1cc(F)c(F)cc1F.CCN(CC)CC.COC(=O)Cl.COC(=O)N1C[C@@H]2CCN(C(=O)C[C@@H](Cc3cc(F)c(F)cc3F)NC(=O)OC(C)(C)C)[C@@H]2C1. The number of methoxy groups -OCH3 is 2. The highest BCUT2D eigenvalue weighted by Gasteiger charge is 2.45. The Morgan fingerprint density at radius 2 is 1.04 bits per heavy atom. The number of alkyl carbamates (subject to hydrolysis) is 2. The Balaban J connectivity index is 0.000000331. The second-order valence-electron chi connectivity index (χ2n) is 20.7. The molecule has 0 aromatic heterocycles. The van der Waals surface area contributed by atoms with Crippen LogP contribution in [0.2, 0.25) is 0 Å². The minimum Gasteiger partial charge on any atom is -0.457 e. The minimum absolute atomic E-state index is 0.0963. The fraction of sp³-hybridized carbons (Fsp3) is 0.654. The van der Waals surface area contributed by atoms with Gasteiger partial charge >= 0.3 is 23.7 Å². The van der Waals surface area contributed by atoms with Gasteiger partial charge in [-0.3, -0.25) is 9.59 Å². The van der Waals surface area contributed by atoms with Crippen molar-refractivity contribution in [3.8, 4) is 0 Å². The van der Waals surface area contributed by atoms with Crippen molar-refractivity contribution in [2.75, 3.05) is 73.1 Å². The first-order valence-corrected chi connectivity index (χ1v) is 25.7. The Morgan fingerprint density at radius 1 is 0.632 bits per heavy atom. The molecule has 3 N–H and O–H groups in total. The fourth-order valence-corrected chi connectivity index (χ4v) is 9.30. The minimum atomic E-state index is -1.33. The van der Waals surface area contributed by atoms with Crippen LogP contribution in [-0.4, -0.2) is 164 Å². The van der Waals surface area contributed by atoms with Gasteiger partial charge in [0.2, 0.25) is 11.8 Å². The molecule has 17 nitrogen and oxygen atoms in total. The summed E-state index contributed by atoms with van der Waals surface area (Å²) in [5, 5.41) is 8.42. The molecular formula is C52H76ClF6N7O10. The maximum atomic E-state index is 14.3. The summed E-state index contributed by atoms with van der Waals surface area (Å²) in [7, 11) is 2.51. The van der Waals surface area contributed by atoms with Crippen molar-refractivity contribution in [2.24, 2.45) is 11.8 Å². The predicted molar refractivity (Wildman–Crippen MR) is 271 cm³/mol. The third-order valence-corrected chi connectivity index (χ3v) is 13.1. The Bertz CT molecular complexity index is 2280. The lowest BCUT2D eigenvalue weighted by molar-refractivity contribution is -0.133. The molecule has 0 saturated carbocycles. The zero-order valence-corrected chi connectivity index (χ0v) is 46.2. The van der Waals surface area contributed by atoms with Crippen LogP contribution in [0.4, 0.5) is 45.5 Å². The third-order valence-electron chi connectivity index (χ3n) is 13.0. The zero-order chi connectivity index (χ0) is 57.2. The first-order valence-electron chi connectivity index (χ1n) is 25.4. The summed E-state index contributed by atoms with van der Waals surface area (Å²) < 4.78 is 101. The van der Waals surface area contributed by atoms with Gasteiger partial charge in [-0.1, -0.05) is 20.8 Å². The van der Waals surface area contributed by atoms with Crippen LogP contribution in [0, 0.1) is 46.7 Å². The number of hydrogen-bond donors (Lipinski definition) is 3. The smallest absolute Gasteiger partial charge is 0.409 e. The van der Waals surface area contributed by atoms with Gasteiger partial charge in [-0.2, -0.15) is 0 Å². The summed E-state index contributed by atoms with van der Waals surface area (Å²) in [6.07, 6.45) is -1.13. The Hall–Kier alpha value is -5.55. The zero-order valence-electron chi connectivity index (χ0n) is 45.4. The number of halogens is 7. The quantitative estimate of drug-likeness (QED) is 0.0755. The molecule has 0 unspecified atom stereocenters. The Labute approximate surface area is 446 Å². The number of benzene rings is 2. The summed E-state index contributed by atoms with van der Waals surface area (Å²) in [6, 6.07) is 0.531. The van der Waals surface area contributed by atoms with Crippen LogP contribution < -0.4 is 16.0 Å². The molecule has 24 heteroatoms. The molecular weight excluding hydrogens is 1030 g/mol. The summed E-state index contributed by atoms with van der Waals surface area (Å²) >= 11 is 4.60. The molecule has 4 aliphatic heterocycles. The van der Waals surface area contributed by atoms with Crippen molar-refractivity contribution >= 4 is 47.1 Å². The third kappa shape index (κ3) is 20.8. The molecule has 6 atom stereocenters. The highest BCUT2D eigenvalue weighted by atomic mass is 35.5. The van der Waals surface area contributed by atoms with E-state index in [4.69, 9.17) is 14.2 Å². The fourth-order valence-electron chi connectivity index (χ4n) is 9.30. The van der Waals surface area contributed by atoms with Crippen LogP contribution in [0.15, 0.2) is 24.3 Å². The van der Waals surface area contributed by atoms with Crippen molar-refractivity contribution < 1.29 is 74.1 Å². The molecule has 4 aliphatic rings. The van der Waals surface area contributed by atoms with Gasteiger partial charge in [-0.05, 0) is 116 Å². The van der Waals surface area contributed by atoms with Crippen molar-refractivity contribution in [2.45, 2.75) is 136 Å². The molecule has 428 valence electrons. The van der Waals surface area contributed by atoms with E-state index in [9.17, 15) is 55.1 Å². The topological polar surface area (TPSA) is 188 Å². The van der Waals surface area contributed by atoms with E-state index in [1.165, 1.54) is 33.9 Å². The number of carbonyl (C=O) groups is 6. The standard InChI is InChI=1S/C23H30F3N3O5.C21H28F3N3O3.C6H15N.C2H3ClO2/c1-23(2,3)34-21(31)27-15(7-14-8-17(25)18(26)10-16(14)24)9-20(30)29-6-5-13-11-28(12-19(13)29)22(32)33-4;1-21(2,3)30-20(29)26-14(6-13-7-16(23)17(24)9-15(13)22)8-19(28)27-5-4-12-10-25-11-18(12)27;1-4-7(5-2)6-3;1-5-2(3)4/h8,10,13,15,19H,5-7,9,11-12H2,1-4H3,(H,27,31);7,9,12,14,18,25H,4-6,8,10-11H2,1-3H3,(H,26,29);4-6H2,1-3H3;1H3/t13-,15+,19+;12-,14+,18+;;/m00../s1. The summed E-state index contributed by atoms with van der Waals surface area (Å²) in [5.41, 5.74) is -2.64. The predicted octanol–water partition coefficient (Wildman–Crippen LogP) is 8.32. The molecule has 0 spiro atoms. The van der Waals surface area contributed by atoms with E-state index >= 15 is 0 Å². The molecule has 0 bridgehead atoms. The van der Waals surface area contributed by atoms with Crippen LogP contribution in [0.3, 0.4) is 0 Å². The molecule has 4 saturated heterocycles. The normalized spacial score (nSPS) is 19.3. The molecule has 0 radical (unpaired) electrons. The summed E-state index contributed by atoms with van der Waals surface area (Å²) in [6.45, 7) is 23.7. The number of nitrogens with zero attached hydrogens (tertiary/aromatic N) is 4. The average Bonchev–Trinajstić information content (AvgIpc) is 4.13. The van der Waals surface area contributed by atoms with Gasteiger partial charge in [0.1, 0.15) is 22.8 Å². The second kappa shape index (κ2) is 29.8. The monoisotopic (exact) mass is 1110 g/mol. The van der Waals surface area contributed by atoms with E-state index < -0.39 is 81.9 Å². The lowest BCUT2D eigenvalue weighted by Crippen LogP contribution is -2.46. The van der Waals surface area contributed by atoms with Gasteiger partial charge in [0.15, 0.2) is 23.3 Å². The van der Waals surface area contributed by atoms with E-state index in [0.717, 1.165) is 31.6 Å². The summed E-state index contributed by atoms with van der Waals surface area (Å²) in [4.78, 5) is 79.3. The molecule has 5 amide bonds. The lowest BCUT2D eigenvalue weighted by atomic mass is 10.0. The van der Waals surface area contributed by atoms with Crippen LogP contribution in [0.1, 0.15) is 99.1 Å². The highest BCUT2D eigenvalue weighted by molar-refractivity contribution is 6.61. The van der Waals surface area contributed by atoms with E-state index in [0.29, 0.717) is 50.7 Å². The van der Waals surface area contributed by atoms with Crippen LogP contribution in [0.5, 0.6) is 0 Å². The van der Waals surface area contributed by atoms with Gasteiger partial charge in [0.25, 0.3) is 0 Å². The van der Waals surface area contributed by atoms with Crippen LogP contribution >= 0.6 is 11.6 Å². The number of amides is 5. The number of carbonyl (C=O) groups excluding carboxylic acids is 6. The highest BCUT2D eigenvalue weighted by Crippen LogP contribution is 2.33. The van der Waals surface area contributed by atoms with Gasteiger partial charge < -0.3 is 54.5 Å². The molecule has 4 heterocycles. The molecule has 2 aromatic rings. The van der Waals surface area contributed by atoms with Gasteiger partial charge in [0, 0.05) is 99.9 Å². The Kier molecular flexibility index (Phi) is 25.4. The molecule has 2 aromatic carbocycles. The van der Waals surface area contributed by atoms with E-state index in [1.807, 2.05) is 0 Å². The molecule has 4 fully saturated rings. The van der Waals surface area contributed by atoms with Crippen molar-refractivity contribution in [3.05, 3.63) is 70.3 Å². The number of ether oxygens (including phenoxy) is 4. The maximum absolute atomic E-state index is 14.3. The number of likely N-dealkylation sites (tertiary alicyclic amines) is 3. The van der Waals surface area contributed by atoms with Crippen molar-refractivity contribution in [1.29, 1.82) is 0 Å². The number of hydrogen-bond acceptors (Lipinski definition) is 12. The largest absolute Gasteiger partial charge is 0.457 e. The van der Waals surface area contributed by atoms with E-state index in [-0.39, 0.29) is 66.6 Å². The number of rotatable bonds is 13. The van der Waals surface area contributed by atoms with Crippen molar-refractivity contribution in [1.82, 2.24) is 35.6 Å². The van der Waals surface area contributed by atoms with E-state index in [2.05, 4.69) is 58.0 Å². The molecule has 76 heavy (non-hydrogen) atoms. The number of nitrogens with one attached hydrogen (secondary N) is 3. The second-order valence-corrected chi connectivity index (χ2v) is 21.0. The summed E-state index contributed by atoms with van der Waals surface area (Å²) in [5.74, 6) is -6.89. The average molecular weight is 1110 g/mol. The van der Waals surface area contributed by atoms with Crippen LogP contribution in [-0.2, 0) is 41.4 Å². The van der Waals surface area contributed by atoms with Gasteiger partial charge in [-0.15, -0.1) is 0 Å². The first-order chi connectivity index (χ1) is 35.5. The maximum Gasteiger partial charge on any atom is 0.409 e. The molecule has 6 rings (SSSR count). The Morgan fingerprint density at radius 3 is 1.42 bits per heavy atom. The lowest BCUT2D eigenvalue weighted by Gasteiger charge is -2.28. The van der Waals surface area contributed by atoms with Gasteiger partial charge in [-0.25, -0.2) is 45.5 Å². The first kappa shape index (κ1) is 64.7. The van der Waals surface area contributed by atoms with Crippen LogP contribution in [0.25, 0.3) is 0 Å². The van der Waals surface area contributed by atoms with Gasteiger partial charge in [0.05, 0.1) is 20.3 Å². The molecule has 0 aliphatic carbocycles.